The highest BCUT2D eigenvalue weighted by Crippen LogP contribution is 2.19. The first kappa shape index (κ1) is 14.6. The molecule has 2 rings (SSSR count). The first-order valence-electron chi connectivity index (χ1n) is 7.06. The number of aliphatic hydroxyl groups is 1. The van der Waals surface area contributed by atoms with E-state index in [1.807, 2.05) is 23.9 Å². The molecule has 0 saturated carbocycles. The summed E-state index contributed by atoms with van der Waals surface area (Å²) in [6.45, 7) is 5.30. The minimum Gasteiger partial charge on any atom is -0.396 e. The molecule has 1 aromatic heterocycles. The van der Waals surface area contributed by atoms with Gasteiger partial charge in [-0.3, -0.25) is 4.68 Å². The first-order valence-corrected chi connectivity index (χ1v) is 7.06. The normalized spacial score (nSPS) is 11.1. The Morgan fingerprint density at radius 2 is 1.95 bits per heavy atom. The lowest BCUT2D eigenvalue weighted by Crippen LogP contribution is -2.02. The van der Waals surface area contributed by atoms with Gasteiger partial charge in [0.15, 0.2) is 0 Å². The molecule has 4 nitrogen and oxygen atoms in total. The lowest BCUT2D eigenvalue weighted by atomic mass is 10.1. The number of rotatable bonds is 6. The van der Waals surface area contributed by atoms with Gasteiger partial charge in [-0.2, -0.15) is 5.10 Å². The van der Waals surface area contributed by atoms with Gasteiger partial charge in [-0.15, -0.1) is 0 Å². The van der Waals surface area contributed by atoms with E-state index >= 15 is 0 Å². The zero-order chi connectivity index (χ0) is 14.5. The Balaban J connectivity index is 2.01. The third-order valence-electron chi connectivity index (χ3n) is 3.32. The van der Waals surface area contributed by atoms with E-state index in [4.69, 9.17) is 5.11 Å². The molecule has 0 aliphatic rings. The van der Waals surface area contributed by atoms with Gasteiger partial charge in [0.25, 0.3) is 0 Å². The smallest absolute Gasteiger partial charge is 0.0699 e. The fraction of sp³-hybridized carbons (Fsp3) is 0.438. The lowest BCUT2D eigenvalue weighted by molar-refractivity contribution is 0.299. The van der Waals surface area contributed by atoms with Gasteiger partial charge in [0.2, 0.25) is 0 Å². The van der Waals surface area contributed by atoms with Crippen molar-refractivity contribution < 1.29 is 5.11 Å². The Morgan fingerprint density at radius 1 is 1.25 bits per heavy atom. The maximum absolute atomic E-state index is 8.90. The molecular weight excluding hydrogens is 250 g/mol. The molecule has 0 aliphatic heterocycles. The summed E-state index contributed by atoms with van der Waals surface area (Å²) >= 11 is 0. The minimum absolute atomic E-state index is 0.195. The Labute approximate surface area is 120 Å². The SMILES string of the molecule is CC(C)c1nn(C)cc1CNc1ccc(CCO)cc1. The number of nitrogens with zero attached hydrogens (tertiary/aromatic N) is 2. The molecule has 1 aromatic carbocycles. The molecule has 0 saturated heterocycles. The standard InChI is InChI=1S/C16H23N3O/c1-12(2)16-14(11-19(3)18-16)10-17-15-6-4-13(5-7-15)8-9-20/h4-7,11-12,17,20H,8-10H2,1-3H3. The molecule has 0 atom stereocenters. The largest absolute Gasteiger partial charge is 0.396 e. The highest BCUT2D eigenvalue weighted by molar-refractivity contribution is 5.45. The van der Waals surface area contributed by atoms with Gasteiger partial charge in [-0.1, -0.05) is 26.0 Å². The monoisotopic (exact) mass is 273 g/mol. The van der Waals surface area contributed by atoms with Crippen molar-refractivity contribution in [3.05, 3.63) is 47.3 Å². The summed E-state index contributed by atoms with van der Waals surface area (Å²) in [5.74, 6) is 0.430. The highest BCUT2D eigenvalue weighted by atomic mass is 16.2. The van der Waals surface area contributed by atoms with E-state index in [2.05, 4.69) is 42.6 Å². The van der Waals surface area contributed by atoms with Crippen LogP contribution < -0.4 is 5.32 Å². The predicted molar refractivity (Wildman–Crippen MR) is 81.9 cm³/mol. The van der Waals surface area contributed by atoms with Crippen molar-refractivity contribution in [3.63, 3.8) is 0 Å². The van der Waals surface area contributed by atoms with Gasteiger partial charge in [-0.25, -0.2) is 0 Å². The van der Waals surface area contributed by atoms with Gasteiger partial charge in [0.05, 0.1) is 5.69 Å². The summed E-state index contributed by atoms with van der Waals surface area (Å²) in [5.41, 5.74) is 4.63. The predicted octanol–water partition coefficient (Wildman–Crippen LogP) is 2.69. The molecule has 0 radical (unpaired) electrons. The highest BCUT2D eigenvalue weighted by Gasteiger charge is 2.10. The third kappa shape index (κ3) is 3.61. The van der Waals surface area contributed by atoms with Crippen molar-refractivity contribution in [3.8, 4) is 0 Å². The third-order valence-corrected chi connectivity index (χ3v) is 3.32. The van der Waals surface area contributed by atoms with Crippen molar-refractivity contribution in [1.82, 2.24) is 9.78 Å². The molecule has 0 bridgehead atoms. The van der Waals surface area contributed by atoms with Crippen LogP contribution in [0.3, 0.4) is 0 Å². The van der Waals surface area contributed by atoms with Gasteiger partial charge < -0.3 is 10.4 Å². The zero-order valence-corrected chi connectivity index (χ0v) is 12.4. The molecule has 2 aromatic rings. The van der Waals surface area contributed by atoms with Crippen LogP contribution in [-0.2, 0) is 20.0 Å². The summed E-state index contributed by atoms with van der Waals surface area (Å²) in [6.07, 6.45) is 2.78. The Morgan fingerprint density at radius 3 is 2.55 bits per heavy atom. The van der Waals surface area contributed by atoms with Crippen LogP contribution >= 0.6 is 0 Å². The summed E-state index contributed by atoms with van der Waals surface area (Å²) in [4.78, 5) is 0. The fourth-order valence-electron chi connectivity index (χ4n) is 2.29. The topological polar surface area (TPSA) is 50.1 Å². The summed E-state index contributed by atoms with van der Waals surface area (Å²) in [6, 6.07) is 8.20. The molecule has 0 spiro atoms. The van der Waals surface area contributed by atoms with Gasteiger partial charge in [0.1, 0.15) is 0 Å². The second-order valence-electron chi connectivity index (χ2n) is 5.39. The number of aryl methyl sites for hydroxylation is 1. The summed E-state index contributed by atoms with van der Waals surface area (Å²) < 4.78 is 1.87. The number of hydrogen-bond donors (Lipinski definition) is 2. The van der Waals surface area contributed by atoms with E-state index in [-0.39, 0.29) is 6.61 Å². The van der Waals surface area contributed by atoms with Crippen molar-refractivity contribution in [2.24, 2.45) is 7.05 Å². The Kier molecular flexibility index (Phi) is 4.79. The zero-order valence-electron chi connectivity index (χ0n) is 12.4. The molecule has 4 heteroatoms. The average Bonchev–Trinajstić information content (AvgIpc) is 2.80. The first-order chi connectivity index (χ1) is 9.60. The van der Waals surface area contributed by atoms with Crippen LogP contribution in [0.5, 0.6) is 0 Å². The maximum Gasteiger partial charge on any atom is 0.0699 e. The van der Waals surface area contributed by atoms with E-state index in [0.29, 0.717) is 12.3 Å². The Bertz CT molecular complexity index is 543. The van der Waals surface area contributed by atoms with Gasteiger partial charge >= 0.3 is 0 Å². The van der Waals surface area contributed by atoms with Crippen LogP contribution in [-0.4, -0.2) is 21.5 Å². The fourth-order valence-corrected chi connectivity index (χ4v) is 2.29. The number of nitrogens with one attached hydrogen (secondary N) is 1. The molecule has 0 fully saturated rings. The minimum atomic E-state index is 0.195. The second kappa shape index (κ2) is 6.57. The van der Waals surface area contributed by atoms with Crippen molar-refractivity contribution >= 4 is 5.69 Å². The molecule has 0 aliphatic carbocycles. The lowest BCUT2D eigenvalue weighted by Gasteiger charge is -2.09. The van der Waals surface area contributed by atoms with Crippen LogP contribution in [0.1, 0.15) is 36.6 Å². The van der Waals surface area contributed by atoms with Gasteiger partial charge in [-0.05, 0) is 30.0 Å². The molecule has 20 heavy (non-hydrogen) atoms. The Hall–Kier alpha value is -1.81. The molecule has 0 unspecified atom stereocenters. The van der Waals surface area contributed by atoms with E-state index in [9.17, 15) is 0 Å². The van der Waals surface area contributed by atoms with E-state index in [1.54, 1.807) is 0 Å². The van der Waals surface area contributed by atoms with Crippen LogP contribution in [0, 0.1) is 0 Å². The number of aliphatic hydroxyl groups excluding tert-OH is 1. The van der Waals surface area contributed by atoms with E-state index in [1.165, 1.54) is 5.56 Å². The van der Waals surface area contributed by atoms with Crippen molar-refractivity contribution in [1.29, 1.82) is 0 Å². The van der Waals surface area contributed by atoms with Crippen LogP contribution in [0.15, 0.2) is 30.5 Å². The number of anilines is 1. The van der Waals surface area contributed by atoms with Crippen LogP contribution in [0.4, 0.5) is 5.69 Å². The summed E-state index contributed by atoms with van der Waals surface area (Å²) in [7, 11) is 1.96. The van der Waals surface area contributed by atoms with Crippen LogP contribution in [0.25, 0.3) is 0 Å². The van der Waals surface area contributed by atoms with E-state index in [0.717, 1.165) is 23.5 Å². The average molecular weight is 273 g/mol. The number of benzene rings is 1. The van der Waals surface area contributed by atoms with E-state index < -0.39 is 0 Å². The second-order valence-corrected chi connectivity index (χ2v) is 5.39. The number of hydrogen-bond acceptors (Lipinski definition) is 3. The van der Waals surface area contributed by atoms with Crippen molar-refractivity contribution in [2.75, 3.05) is 11.9 Å². The van der Waals surface area contributed by atoms with Gasteiger partial charge in [0, 0.05) is 37.6 Å². The van der Waals surface area contributed by atoms with Crippen molar-refractivity contribution in [2.45, 2.75) is 32.7 Å². The molecule has 0 amide bonds. The molecular formula is C16H23N3O. The maximum atomic E-state index is 8.90. The molecule has 2 N–H and O–H groups in total. The van der Waals surface area contributed by atoms with Crippen LogP contribution in [0.2, 0.25) is 0 Å². The quantitative estimate of drug-likeness (QED) is 0.851. The number of aromatic nitrogens is 2. The summed E-state index contributed by atoms with van der Waals surface area (Å²) in [5, 5.41) is 16.8. The molecule has 1 heterocycles. The molecule has 108 valence electrons.